The van der Waals surface area contributed by atoms with E-state index in [4.69, 9.17) is 25.9 Å². The van der Waals surface area contributed by atoms with E-state index < -0.39 is 56.7 Å². The van der Waals surface area contributed by atoms with Crippen LogP contribution in [-0.4, -0.2) is 62.9 Å². The average molecular weight is 1250 g/mol. The minimum absolute atomic E-state index is 0.00326. The predicted molar refractivity (Wildman–Crippen MR) is 360 cm³/mol. The van der Waals surface area contributed by atoms with E-state index in [1.54, 1.807) is 12.1 Å². The molecule has 5 aliphatic carbocycles. The standard InChI is InChI=1S/C79H83N3O9S/c1-46-15-16-56-39-63-28-32-65(56)69(46)42-71(92(87,88)89)70-41-59-37-58(40-64-35-48(45-83)10-5-13-54-38-62(84)27-31-67(54)76(59)90-64)72(70)51-21-25-60(26-22-51)79(91-63,82-77(80)81)44-61(34-47-8-3-2-4-9-47)78(86)33-7-14-57(43-78)53-24-29-66-55(36-53)20-19-52-18-17-49-11-6-12-50-23-30-68(75(66)85)74(52)73(49)50/h2-4,6,8-9,11-12,17-18,21-32,36,38-39,41,46,48,57-58,61,64,68-72,75-76,83-86H,7,10,14-16,19-20,33-35,37,40,42-45H2,1H3,(H4,80,81,82)(H,87,88,89)/t46-,48+,57+,58-,61+,64-,68-,69+,70-,71-,72+,75+,76-,78-,79+/m1/s1. The van der Waals surface area contributed by atoms with E-state index in [2.05, 4.69) is 122 Å². The van der Waals surface area contributed by atoms with Crippen LogP contribution in [0.15, 0.2) is 162 Å². The number of aliphatic imine (C=N–C) groups is 1. The molecule has 9 N–H and O–H groups in total. The Hall–Kier alpha value is -7.54. The van der Waals surface area contributed by atoms with Crippen molar-refractivity contribution in [1.82, 2.24) is 0 Å². The Kier molecular flexibility index (Phi) is 15.9. The lowest BCUT2D eigenvalue weighted by Crippen LogP contribution is -2.48. The molecule has 7 aromatic carbocycles. The van der Waals surface area contributed by atoms with E-state index in [0.29, 0.717) is 61.8 Å². The number of rotatable bonds is 9. The summed E-state index contributed by atoms with van der Waals surface area (Å²) < 4.78 is 55.8. The number of hydrogen-bond donors (Lipinski definition) is 7. The molecule has 0 amide bonds. The molecule has 0 spiro atoms. The molecule has 13 heteroatoms. The molecule has 92 heavy (non-hydrogen) atoms. The van der Waals surface area contributed by atoms with Gasteiger partial charge in [0.1, 0.15) is 17.6 Å². The van der Waals surface area contributed by atoms with Gasteiger partial charge in [-0.2, -0.15) is 8.42 Å². The number of aliphatic hydroxyl groups is 3. The number of nitrogens with two attached hydrogens (primary N) is 2. The van der Waals surface area contributed by atoms with Crippen LogP contribution in [-0.2, 0) is 46.3 Å². The molecule has 5 aliphatic heterocycles. The molecule has 12 nitrogen and oxygen atoms in total. The Labute approximate surface area is 540 Å². The minimum atomic E-state index is -4.72. The molecule has 0 radical (unpaired) electrons. The van der Waals surface area contributed by atoms with Crippen molar-refractivity contribution in [3.8, 4) is 23.3 Å². The number of fused-ring (bicyclic) bond motifs is 10. The molecule has 2 fully saturated rings. The van der Waals surface area contributed by atoms with Gasteiger partial charge in [-0.15, -0.1) is 0 Å². The lowest BCUT2D eigenvalue weighted by atomic mass is 9.64. The Balaban J connectivity index is 0.837. The van der Waals surface area contributed by atoms with Crippen molar-refractivity contribution < 1.29 is 42.9 Å². The molecule has 0 unspecified atom stereocenters. The van der Waals surface area contributed by atoms with Gasteiger partial charge in [0.25, 0.3) is 10.1 Å². The minimum Gasteiger partial charge on any atom is -0.508 e. The van der Waals surface area contributed by atoms with E-state index in [-0.39, 0.29) is 72.8 Å². The van der Waals surface area contributed by atoms with Crippen LogP contribution in [0, 0.1) is 41.4 Å². The largest absolute Gasteiger partial charge is 0.508 e. The van der Waals surface area contributed by atoms with Crippen LogP contribution in [0.4, 0.5) is 0 Å². The highest BCUT2D eigenvalue weighted by atomic mass is 32.2. The van der Waals surface area contributed by atoms with Crippen molar-refractivity contribution in [2.75, 3.05) is 6.61 Å². The molecule has 10 bridgehead atoms. The van der Waals surface area contributed by atoms with E-state index in [1.807, 2.05) is 42.5 Å². The first-order chi connectivity index (χ1) is 44.5. The molecule has 10 aliphatic rings. The maximum atomic E-state index is 14.6. The molecule has 1 saturated carbocycles. The number of hydrogen-bond acceptors (Lipinski definition) is 9. The first-order valence-electron chi connectivity index (χ1n) is 33.6. The number of guanidine groups is 1. The molecular formula is C79H83N3O9S. The van der Waals surface area contributed by atoms with Crippen molar-refractivity contribution in [3.63, 3.8) is 0 Å². The van der Waals surface area contributed by atoms with Gasteiger partial charge >= 0.3 is 0 Å². The maximum Gasteiger partial charge on any atom is 0.268 e. The maximum absolute atomic E-state index is 14.6. The van der Waals surface area contributed by atoms with Crippen LogP contribution in [0.5, 0.6) is 11.5 Å². The van der Waals surface area contributed by atoms with Gasteiger partial charge in [0, 0.05) is 48.0 Å². The predicted octanol–water partition coefficient (Wildman–Crippen LogP) is 13.6. The Bertz CT molecular complexity index is 4280. The normalized spacial score (nSPS) is 30.6. The summed E-state index contributed by atoms with van der Waals surface area (Å²) in [7, 11) is -4.72. The number of allylic oxidation sites excluding steroid dienone is 1. The summed E-state index contributed by atoms with van der Waals surface area (Å²) in [4.78, 5) is 5.23. The first-order valence-corrected chi connectivity index (χ1v) is 35.1. The zero-order valence-electron chi connectivity index (χ0n) is 52.2. The SMILES string of the molecule is C[C@@H]1CCc2cc3ccc2[C@H]1C[C@@H](S(=O)(=O)O)[C@H]1C=C2C[C@H](C[C@H]4C[C@@H](CO)CC#Cc5cc(O)ccc5[C@@H]2O4)[C@@H]1c1ccc(cc1)[C@@](C[C@H](Cc1ccccc1)[C@@]1(O)CCC[C@H](c2ccc4c(c2)CCc2ccc5cccc6c5c2[C@@H](C=C6)[C@H]4O)C1)(N=C(N)N)O3. The van der Waals surface area contributed by atoms with Crippen molar-refractivity contribution in [2.45, 2.75) is 162 Å². The molecule has 17 rings (SSSR count). The van der Waals surface area contributed by atoms with Crippen molar-refractivity contribution in [1.29, 1.82) is 0 Å². The number of aromatic hydroxyl groups is 1. The van der Waals surface area contributed by atoms with Gasteiger partial charge in [-0.25, -0.2) is 4.99 Å². The summed E-state index contributed by atoms with van der Waals surface area (Å²) in [6.45, 7) is 2.10. The third kappa shape index (κ3) is 11.3. The number of phenols is 1. The summed E-state index contributed by atoms with van der Waals surface area (Å²) in [5.74, 6) is 4.74. The van der Waals surface area contributed by atoms with E-state index >= 15 is 0 Å². The fourth-order valence-corrected chi connectivity index (χ4v) is 19.6. The quantitative estimate of drug-likeness (QED) is 0.0237. The molecule has 5 heterocycles. The van der Waals surface area contributed by atoms with E-state index in [9.17, 15) is 33.4 Å². The average Bonchev–Trinajstić information content (AvgIpc) is 1.11. The summed E-state index contributed by atoms with van der Waals surface area (Å²) in [5, 5.41) is 49.1. The molecule has 7 aromatic rings. The highest BCUT2D eigenvalue weighted by Crippen LogP contribution is 2.57. The van der Waals surface area contributed by atoms with Gasteiger partial charge in [0.05, 0.1) is 23.1 Å². The van der Waals surface area contributed by atoms with Gasteiger partial charge in [-0.05, 0) is 221 Å². The number of aliphatic hydroxyl groups excluding tert-OH is 2. The lowest BCUT2D eigenvalue weighted by Gasteiger charge is -2.46. The summed E-state index contributed by atoms with van der Waals surface area (Å²) in [6, 6.07) is 47.2. The number of aryl methyl sites for hydroxylation is 3. The van der Waals surface area contributed by atoms with Gasteiger partial charge in [0.15, 0.2) is 5.96 Å². The molecule has 474 valence electrons. The number of benzene rings is 7. The Morgan fingerprint density at radius 1 is 0.826 bits per heavy atom. The summed E-state index contributed by atoms with van der Waals surface area (Å²) in [5.41, 5.74) is 24.4. The smallest absolute Gasteiger partial charge is 0.268 e. The zero-order chi connectivity index (χ0) is 63.2. The second-order valence-electron chi connectivity index (χ2n) is 28.4. The molecule has 0 aromatic heterocycles. The summed E-state index contributed by atoms with van der Waals surface area (Å²) in [6.07, 6.45) is 13.5. The Morgan fingerprint density at radius 3 is 2.43 bits per heavy atom. The van der Waals surface area contributed by atoms with Crippen LogP contribution in [0.2, 0.25) is 0 Å². The third-order valence-corrected chi connectivity index (χ3v) is 24.2. The van der Waals surface area contributed by atoms with Crippen molar-refractivity contribution in [2.24, 2.45) is 46.0 Å². The van der Waals surface area contributed by atoms with E-state index in [0.717, 1.165) is 88.6 Å². The topological polar surface area (TPSA) is 218 Å². The molecule has 15 atom stereocenters. The van der Waals surface area contributed by atoms with E-state index in [1.165, 1.54) is 27.5 Å². The zero-order valence-corrected chi connectivity index (χ0v) is 53.0. The van der Waals surface area contributed by atoms with Gasteiger partial charge in [-0.3, -0.25) is 4.55 Å². The fraction of sp³-hybridized carbons (Fsp3) is 0.405. The monoisotopic (exact) mass is 1250 g/mol. The van der Waals surface area contributed by atoms with Crippen LogP contribution in [0.25, 0.3) is 16.8 Å². The van der Waals surface area contributed by atoms with Crippen molar-refractivity contribution in [3.05, 3.63) is 230 Å². The summed E-state index contributed by atoms with van der Waals surface area (Å²) >= 11 is 0. The highest BCUT2D eigenvalue weighted by molar-refractivity contribution is 7.86. The van der Waals surface area contributed by atoms with Crippen LogP contribution in [0.1, 0.15) is 186 Å². The number of ether oxygens (including phenoxy) is 2. The lowest BCUT2D eigenvalue weighted by molar-refractivity contribution is -0.0834. The fourth-order valence-electron chi connectivity index (χ4n) is 18.5. The highest BCUT2D eigenvalue weighted by Gasteiger charge is 2.51. The second-order valence-corrected chi connectivity index (χ2v) is 30.1. The number of nitrogens with zero attached hydrogens (tertiary/aromatic N) is 1. The molecule has 1 saturated heterocycles. The van der Waals surface area contributed by atoms with Crippen LogP contribution < -0.4 is 16.2 Å². The van der Waals surface area contributed by atoms with Crippen LogP contribution in [0.3, 0.4) is 0 Å². The van der Waals surface area contributed by atoms with Gasteiger partial charge in [0.2, 0.25) is 5.72 Å². The van der Waals surface area contributed by atoms with Crippen LogP contribution >= 0.6 is 0 Å². The third-order valence-electron chi connectivity index (χ3n) is 22.9. The second kappa shape index (κ2) is 24.1. The molecular weight excluding hydrogens is 1170 g/mol. The number of phenolic OH excluding ortho intramolecular Hbond substituents is 1. The van der Waals surface area contributed by atoms with Gasteiger partial charge in [-0.1, -0.05) is 152 Å². The Morgan fingerprint density at radius 2 is 1.62 bits per heavy atom. The first kappa shape index (κ1) is 60.7. The van der Waals surface area contributed by atoms with Gasteiger partial charge < -0.3 is 41.4 Å². The van der Waals surface area contributed by atoms with Crippen molar-refractivity contribution >= 4 is 32.9 Å².